The molecule has 0 heterocycles. The van der Waals surface area contributed by atoms with E-state index in [0.29, 0.717) is 0 Å². The summed E-state index contributed by atoms with van der Waals surface area (Å²) in [5.41, 5.74) is -0.0530. The number of para-hydroxylation sites is 1. The van der Waals surface area contributed by atoms with Gasteiger partial charge in [0.2, 0.25) is 0 Å². The third-order valence-electron chi connectivity index (χ3n) is 3.01. The van der Waals surface area contributed by atoms with Crippen LogP contribution >= 0.6 is 0 Å². The van der Waals surface area contributed by atoms with Crippen LogP contribution in [-0.2, 0) is 10.0 Å². The molecule has 0 aliphatic carbocycles. The van der Waals surface area contributed by atoms with Crippen molar-refractivity contribution in [3.05, 3.63) is 60.2 Å². The van der Waals surface area contributed by atoms with E-state index in [1.165, 1.54) is 30.3 Å². The molecule has 21 heavy (non-hydrogen) atoms. The molecule has 2 aromatic carbocycles. The van der Waals surface area contributed by atoms with Crippen LogP contribution in [-0.4, -0.2) is 20.9 Å². The van der Waals surface area contributed by atoms with Gasteiger partial charge in [0, 0.05) is 12.1 Å². The number of aromatic carboxylic acids is 1. The Kier molecular flexibility index (Phi) is 4.28. The molecular weight excluding hydrogens is 290 g/mol. The van der Waals surface area contributed by atoms with Gasteiger partial charge in [0.1, 0.15) is 0 Å². The van der Waals surface area contributed by atoms with E-state index in [1.807, 2.05) is 0 Å². The molecule has 2 aromatic rings. The molecule has 0 aliphatic heterocycles. The van der Waals surface area contributed by atoms with Crippen LogP contribution in [0.1, 0.15) is 17.3 Å². The van der Waals surface area contributed by atoms with Gasteiger partial charge in [-0.1, -0.05) is 36.4 Å². The fraction of sp³-hybridized carbons (Fsp3) is 0.133. The third kappa shape index (κ3) is 2.90. The summed E-state index contributed by atoms with van der Waals surface area (Å²) < 4.78 is 26.4. The average molecular weight is 304 g/mol. The van der Waals surface area contributed by atoms with Crippen LogP contribution in [0.25, 0.3) is 0 Å². The number of anilines is 1. The van der Waals surface area contributed by atoms with E-state index < -0.39 is 16.0 Å². The van der Waals surface area contributed by atoms with Gasteiger partial charge in [-0.25, -0.2) is 8.42 Å². The van der Waals surface area contributed by atoms with Gasteiger partial charge in [-0.2, -0.15) is 0 Å². The van der Waals surface area contributed by atoms with Crippen LogP contribution < -0.4 is 9.41 Å². The van der Waals surface area contributed by atoms with Gasteiger partial charge in [0.05, 0.1) is 16.6 Å². The zero-order valence-corrected chi connectivity index (χ0v) is 12.2. The minimum atomic E-state index is -3.82. The first-order chi connectivity index (χ1) is 9.98. The van der Waals surface area contributed by atoms with Crippen molar-refractivity contribution in [2.24, 2.45) is 0 Å². The number of benzene rings is 2. The molecule has 0 saturated carbocycles. The zero-order valence-electron chi connectivity index (χ0n) is 11.4. The predicted octanol–water partition coefficient (Wildman–Crippen LogP) is 1.27. The van der Waals surface area contributed by atoms with Crippen molar-refractivity contribution >= 4 is 21.7 Å². The number of rotatable bonds is 5. The summed E-state index contributed by atoms with van der Waals surface area (Å²) >= 11 is 0. The predicted molar refractivity (Wildman–Crippen MR) is 77.4 cm³/mol. The molecule has 0 amide bonds. The van der Waals surface area contributed by atoms with E-state index in [-0.39, 0.29) is 22.7 Å². The first kappa shape index (κ1) is 15.1. The maximum atomic E-state index is 12.7. The van der Waals surface area contributed by atoms with Crippen LogP contribution in [0.3, 0.4) is 0 Å². The van der Waals surface area contributed by atoms with E-state index in [1.54, 1.807) is 31.2 Å². The van der Waals surface area contributed by atoms with E-state index in [4.69, 9.17) is 0 Å². The standard InChI is InChI=1S/C15H15NO4S/c1-2-16(14-11-7-6-10-13(14)15(17)18)21(19,20)12-8-4-3-5-9-12/h3-11H,2H2,1H3,(H,17,18)/p-1. The molecule has 0 spiro atoms. The highest BCUT2D eigenvalue weighted by Gasteiger charge is 2.25. The molecule has 110 valence electrons. The summed E-state index contributed by atoms with van der Waals surface area (Å²) in [6.07, 6.45) is 0. The Labute approximate surface area is 123 Å². The van der Waals surface area contributed by atoms with Gasteiger partial charge in [0.15, 0.2) is 0 Å². The van der Waals surface area contributed by atoms with Gasteiger partial charge >= 0.3 is 0 Å². The fourth-order valence-corrected chi connectivity index (χ4v) is 3.57. The molecule has 0 N–H and O–H groups in total. The van der Waals surface area contributed by atoms with Crippen molar-refractivity contribution in [2.45, 2.75) is 11.8 Å². The number of hydrogen-bond acceptors (Lipinski definition) is 4. The lowest BCUT2D eigenvalue weighted by molar-refractivity contribution is -0.254. The maximum absolute atomic E-state index is 12.7. The monoisotopic (exact) mass is 304 g/mol. The molecule has 5 nitrogen and oxygen atoms in total. The molecule has 6 heteroatoms. The van der Waals surface area contributed by atoms with E-state index in [9.17, 15) is 18.3 Å². The van der Waals surface area contributed by atoms with Crippen molar-refractivity contribution in [1.82, 2.24) is 0 Å². The molecule has 2 rings (SSSR count). The fourth-order valence-electron chi connectivity index (χ4n) is 2.05. The normalized spacial score (nSPS) is 11.1. The van der Waals surface area contributed by atoms with Gasteiger partial charge in [-0.05, 0) is 25.1 Å². The SMILES string of the molecule is CCN(c1ccccc1C(=O)[O-])S(=O)(=O)c1ccccc1. The Bertz CT molecular complexity index is 741. The highest BCUT2D eigenvalue weighted by atomic mass is 32.2. The molecular formula is C15H14NO4S-. The molecule has 0 aromatic heterocycles. The van der Waals surface area contributed by atoms with Gasteiger partial charge < -0.3 is 9.90 Å². The molecule has 0 bridgehead atoms. The number of nitrogens with zero attached hydrogens (tertiary/aromatic N) is 1. The molecule has 0 radical (unpaired) electrons. The van der Waals surface area contributed by atoms with Crippen LogP contribution in [0.5, 0.6) is 0 Å². The summed E-state index contributed by atoms with van der Waals surface area (Å²) in [4.78, 5) is 11.3. The smallest absolute Gasteiger partial charge is 0.264 e. The van der Waals surface area contributed by atoms with Crippen molar-refractivity contribution in [1.29, 1.82) is 0 Å². The van der Waals surface area contributed by atoms with Gasteiger partial charge in [-0.15, -0.1) is 0 Å². The van der Waals surface area contributed by atoms with E-state index in [2.05, 4.69) is 0 Å². The quantitative estimate of drug-likeness (QED) is 0.833. The Morgan fingerprint density at radius 1 is 1.05 bits per heavy atom. The van der Waals surface area contributed by atoms with E-state index in [0.717, 1.165) is 4.31 Å². The summed E-state index contributed by atoms with van der Waals surface area (Å²) in [5.74, 6) is -1.41. The number of carbonyl (C=O) groups is 1. The van der Waals surface area contributed by atoms with Gasteiger partial charge in [0.25, 0.3) is 10.0 Å². The highest BCUT2D eigenvalue weighted by Crippen LogP contribution is 2.26. The second kappa shape index (κ2) is 5.97. The average Bonchev–Trinajstić information content (AvgIpc) is 2.49. The topological polar surface area (TPSA) is 77.5 Å². The summed E-state index contributed by atoms with van der Waals surface area (Å²) in [6.45, 7) is 1.76. The third-order valence-corrected chi connectivity index (χ3v) is 4.91. The summed E-state index contributed by atoms with van der Waals surface area (Å²) in [5, 5.41) is 11.2. The Hall–Kier alpha value is -2.34. The zero-order chi connectivity index (χ0) is 15.5. The first-order valence-electron chi connectivity index (χ1n) is 6.36. The van der Waals surface area contributed by atoms with Crippen molar-refractivity contribution in [3.63, 3.8) is 0 Å². The number of sulfonamides is 1. The number of hydrogen-bond donors (Lipinski definition) is 0. The second-order valence-electron chi connectivity index (χ2n) is 4.29. The van der Waals surface area contributed by atoms with Crippen molar-refractivity contribution in [3.8, 4) is 0 Å². The minimum Gasteiger partial charge on any atom is -0.545 e. The lowest BCUT2D eigenvalue weighted by Crippen LogP contribution is -2.34. The maximum Gasteiger partial charge on any atom is 0.264 e. The molecule has 0 saturated heterocycles. The Morgan fingerprint density at radius 3 is 2.19 bits per heavy atom. The highest BCUT2D eigenvalue weighted by molar-refractivity contribution is 7.92. The molecule has 0 aliphatic rings. The number of carboxylic acids is 1. The minimum absolute atomic E-state index is 0.101. The van der Waals surface area contributed by atoms with Crippen LogP contribution in [0, 0.1) is 0 Å². The molecule has 0 atom stereocenters. The number of carbonyl (C=O) groups excluding carboxylic acids is 1. The first-order valence-corrected chi connectivity index (χ1v) is 7.80. The molecule has 0 fully saturated rings. The van der Waals surface area contributed by atoms with Crippen molar-refractivity contribution in [2.75, 3.05) is 10.8 Å². The van der Waals surface area contributed by atoms with Crippen LogP contribution in [0.15, 0.2) is 59.5 Å². The largest absolute Gasteiger partial charge is 0.545 e. The van der Waals surface area contributed by atoms with Crippen LogP contribution in [0.2, 0.25) is 0 Å². The van der Waals surface area contributed by atoms with Crippen LogP contribution in [0.4, 0.5) is 5.69 Å². The van der Waals surface area contributed by atoms with Gasteiger partial charge in [-0.3, -0.25) is 4.31 Å². The Balaban J connectivity index is 2.58. The number of carboxylic acid groups (broad SMARTS) is 1. The lowest BCUT2D eigenvalue weighted by atomic mass is 10.2. The van der Waals surface area contributed by atoms with E-state index >= 15 is 0 Å². The Morgan fingerprint density at radius 2 is 1.62 bits per heavy atom. The summed E-state index contributed by atoms with van der Waals surface area (Å²) in [6, 6.07) is 13.8. The summed E-state index contributed by atoms with van der Waals surface area (Å²) in [7, 11) is -3.82. The second-order valence-corrected chi connectivity index (χ2v) is 6.15. The lowest BCUT2D eigenvalue weighted by Gasteiger charge is -2.25. The van der Waals surface area contributed by atoms with Crippen molar-refractivity contribution < 1.29 is 18.3 Å². The molecule has 0 unspecified atom stereocenters.